The summed E-state index contributed by atoms with van der Waals surface area (Å²) < 4.78 is 32.2. The molecule has 0 aliphatic heterocycles. The molecule has 0 saturated heterocycles. The third kappa shape index (κ3) is 5.72. The lowest BCUT2D eigenvalue weighted by atomic mass is 9.92. The fraction of sp³-hybridized carbons (Fsp3) is 0.333. The summed E-state index contributed by atoms with van der Waals surface area (Å²) in [5.41, 5.74) is 3.30. The number of nitro benzene ring substituents is 1. The summed E-state index contributed by atoms with van der Waals surface area (Å²) in [5, 5.41) is 11.2. The minimum absolute atomic E-state index is 0.0954. The minimum atomic E-state index is -4.17. The highest BCUT2D eigenvalue weighted by Crippen LogP contribution is 2.29. The van der Waals surface area contributed by atoms with Crippen LogP contribution in [0.3, 0.4) is 0 Å². The van der Waals surface area contributed by atoms with E-state index in [9.17, 15) is 28.1 Å². The fourth-order valence-electron chi connectivity index (χ4n) is 3.41. The van der Waals surface area contributed by atoms with Crippen molar-refractivity contribution in [2.75, 3.05) is 12.8 Å². The summed E-state index contributed by atoms with van der Waals surface area (Å²) in [6.45, 7) is 6.13. The Kier molecular flexibility index (Phi) is 8.16. The van der Waals surface area contributed by atoms with E-state index in [2.05, 4.69) is 4.72 Å². The maximum atomic E-state index is 12.5. The molecule has 0 amide bonds. The molecule has 0 heterocycles. The van der Waals surface area contributed by atoms with E-state index in [0.29, 0.717) is 21.6 Å². The molecule has 2 aromatic rings. The summed E-state index contributed by atoms with van der Waals surface area (Å²) in [4.78, 5) is 34.6. The number of nitrogens with one attached hydrogen (secondary N) is 1. The van der Waals surface area contributed by atoms with Crippen molar-refractivity contribution in [3.63, 3.8) is 0 Å². The average molecular weight is 481 g/mol. The molecule has 0 aliphatic carbocycles. The molecule has 9 nitrogen and oxygen atoms in total. The van der Waals surface area contributed by atoms with Crippen molar-refractivity contribution in [1.29, 1.82) is 0 Å². The molecule has 0 spiro atoms. The number of benzene rings is 2. The predicted molar refractivity (Wildman–Crippen MR) is 121 cm³/mol. The van der Waals surface area contributed by atoms with Crippen LogP contribution < -0.4 is 4.72 Å². The van der Waals surface area contributed by atoms with E-state index in [1.807, 2.05) is 19.9 Å². The average Bonchev–Trinajstić information content (AvgIpc) is 2.70. The van der Waals surface area contributed by atoms with Crippen LogP contribution in [0.2, 0.25) is 0 Å². The molecule has 0 bridgehead atoms. The largest absolute Gasteiger partial charge is 0.460 e. The molecule has 172 valence electrons. The second kappa shape index (κ2) is 10.2. The fourth-order valence-corrected chi connectivity index (χ4v) is 4.95. The number of esters is 1. The molecule has 0 saturated carbocycles. The normalized spacial score (nSPS) is 11.3. The van der Waals surface area contributed by atoms with Crippen molar-refractivity contribution in [2.24, 2.45) is 0 Å². The highest BCUT2D eigenvalue weighted by Gasteiger charge is 2.22. The number of carbonyl (C=O) groups is 2. The van der Waals surface area contributed by atoms with Crippen LogP contribution in [-0.2, 0) is 26.2 Å². The van der Waals surface area contributed by atoms with E-state index < -0.39 is 27.5 Å². The van der Waals surface area contributed by atoms with Gasteiger partial charge in [0.1, 0.15) is 13.2 Å². The van der Waals surface area contributed by atoms with E-state index in [1.54, 1.807) is 13.2 Å². The van der Waals surface area contributed by atoms with Crippen molar-refractivity contribution in [1.82, 2.24) is 4.72 Å². The van der Waals surface area contributed by atoms with Crippen LogP contribution in [0.5, 0.6) is 0 Å². The zero-order valence-corrected chi connectivity index (χ0v) is 20.0. The maximum Gasteiger partial charge on any atom is 0.321 e. The topological polar surface area (TPSA) is 133 Å². The highest BCUT2D eigenvalue weighted by molar-refractivity contribution is 7.98. The zero-order chi connectivity index (χ0) is 24.2. The van der Waals surface area contributed by atoms with Crippen molar-refractivity contribution in [3.05, 3.63) is 62.2 Å². The first-order valence-electron chi connectivity index (χ1n) is 9.47. The van der Waals surface area contributed by atoms with E-state index in [-0.39, 0.29) is 23.0 Å². The lowest BCUT2D eigenvalue weighted by molar-refractivity contribution is -0.387. The standard InChI is InChI=1S/C21H24N2O7S2/c1-12-8-13(2)21(15(4)24)14(3)17(12)11-30-20(25)10-22-32(28,29)16-6-7-19(31-5)18(9-16)23(26)27/h6-9,22H,10-11H2,1-5H3. The molecule has 11 heteroatoms. The molecule has 2 aromatic carbocycles. The van der Waals surface area contributed by atoms with Gasteiger partial charge in [-0.3, -0.25) is 19.7 Å². The summed E-state index contributed by atoms with van der Waals surface area (Å²) in [6, 6.07) is 5.35. The molecule has 0 radical (unpaired) electrons. The van der Waals surface area contributed by atoms with Crippen LogP contribution >= 0.6 is 11.8 Å². The Bertz CT molecular complexity index is 1190. The first-order chi connectivity index (χ1) is 14.9. The van der Waals surface area contributed by atoms with Gasteiger partial charge in [0.2, 0.25) is 10.0 Å². The molecule has 0 fully saturated rings. The SMILES string of the molecule is CSc1ccc(S(=O)(=O)NCC(=O)OCc2c(C)cc(C)c(C(C)=O)c2C)cc1[N+](=O)[O-]. The molecule has 32 heavy (non-hydrogen) atoms. The first kappa shape index (κ1) is 25.5. The van der Waals surface area contributed by atoms with Crippen LogP contribution in [0.15, 0.2) is 34.1 Å². The Morgan fingerprint density at radius 3 is 2.38 bits per heavy atom. The van der Waals surface area contributed by atoms with Gasteiger partial charge < -0.3 is 4.74 Å². The van der Waals surface area contributed by atoms with E-state index >= 15 is 0 Å². The summed E-state index contributed by atoms with van der Waals surface area (Å²) in [6.07, 6.45) is 1.64. The number of sulfonamides is 1. The van der Waals surface area contributed by atoms with Crippen molar-refractivity contribution >= 4 is 39.2 Å². The van der Waals surface area contributed by atoms with Gasteiger partial charge in [-0.1, -0.05) is 6.07 Å². The third-order valence-electron chi connectivity index (χ3n) is 4.92. The molecular formula is C21H24N2O7S2. The van der Waals surface area contributed by atoms with Gasteiger partial charge in [0.15, 0.2) is 5.78 Å². The summed E-state index contributed by atoms with van der Waals surface area (Å²) >= 11 is 1.12. The van der Waals surface area contributed by atoms with Gasteiger partial charge in [0.25, 0.3) is 5.69 Å². The minimum Gasteiger partial charge on any atom is -0.460 e. The third-order valence-corrected chi connectivity index (χ3v) is 7.11. The summed E-state index contributed by atoms with van der Waals surface area (Å²) in [5.74, 6) is -0.922. The Hall–Kier alpha value is -2.76. The molecule has 0 atom stereocenters. The number of Topliss-reactive ketones (excluding diaryl/α,β-unsaturated/α-hetero) is 1. The van der Waals surface area contributed by atoms with Crippen LogP contribution in [0.4, 0.5) is 5.69 Å². The number of rotatable bonds is 9. The van der Waals surface area contributed by atoms with E-state index in [0.717, 1.165) is 29.0 Å². The Morgan fingerprint density at radius 1 is 1.16 bits per heavy atom. The second-order valence-corrected chi connectivity index (χ2v) is 9.74. The molecule has 0 aliphatic rings. The molecule has 1 N–H and O–H groups in total. The first-order valence-corrected chi connectivity index (χ1v) is 12.2. The number of nitro groups is 1. The Morgan fingerprint density at radius 2 is 1.81 bits per heavy atom. The van der Waals surface area contributed by atoms with E-state index in [4.69, 9.17) is 4.74 Å². The number of nitrogens with zero attached hydrogens (tertiary/aromatic N) is 1. The van der Waals surface area contributed by atoms with Crippen molar-refractivity contribution in [2.45, 2.75) is 44.1 Å². The number of hydrogen-bond donors (Lipinski definition) is 1. The molecule has 0 unspecified atom stereocenters. The van der Waals surface area contributed by atoms with Crippen LogP contribution in [0.1, 0.15) is 39.5 Å². The van der Waals surface area contributed by atoms with Gasteiger partial charge in [-0.25, -0.2) is 8.42 Å². The second-order valence-electron chi connectivity index (χ2n) is 7.12. The van der Waals surface area contributed by atoms with Crippen molar-refractivity contribution in [3.8, 4) is 0 Å². The zero-order valence-electron chi connectivity index (χ0n) is 18.3. The van der Waals surface area contributed by atoms with Crippen LogP contribution in [-0.4, -0.2) is 37.9 Å². The smallest absolute Gasteiger partial charge is 0.321 e. The maximum absolute atomic E-state index is 12.5. The van der Waals surface area contributed by atoms with Gasteiger partial charge >= 0.3 is 5.97 Å². The van der Waals surface area contributed by atoms with Crippen LogP contribution in [0, 0.1) is 30.9 Å². The molecule has 0 aromatic heterocycles. The van der Waals surface area contributed by atoms with Gasteiger partial charge in [-0.2, -0.15) is 4.72 Å². The summed E-state index contributed by atoms with van der Waals surface area (Å²) in [7, 11) is -4.17. The van der Waals surface area contributed by atoms with Gasteiger partial charge in [0, 0.05) is 11.6 Å². The number of thioether (sulfide) groups is 1. The lowest BCUT2D eigenvalue weighted by Crippen LogP contribution is -2.30. The molecular weight excluding hydrogens is 456 g/mol. The number of ether oxygens (including phenoxy) is 1. The van der Waals surface area contributed by atoms with Crippen LogP contribution in [0.25, 0.3) is 0 Å². The monoisotopic (exact) mass is 480 g/mol. The number of hydrogen-bond acceptors (Lipinski definition) is 8. The molecule has 2 rings (SSSR count). The number of aryl methyl sites for hydroxylation is 2. The van der Waals surface area contributed by atoms with Crippen molar-refractivity contribution < 1.29 is 27.7 Å². The lowest BCUT2D eigenvalue weighted by Gasteiger charge is -2.16. The highest BCUT2D eigenvalue weighted by atomic mass is 32.2. The van der Waals surface area contributed by atoms with Gasteiger partial charge in [-0.15, -0.1) is 11.8 Å². The number of carbonyl (C=O) groups excluding carboxylic acids is 2. The van der Waals surface area contributed by atoms with E-state index in [1.165, 1.54) is 19.1 Å². The predicted octanol–water partition coefficient (Wildman–Crippen LogP) is 3.47. The van der Waals surface area contributed by atoms with Gasteiger partial charge in [0.05, 0.1) is 14.7 Å². The Balaban J connectivity index is 2.11. The number of ketones is 1. The van der Waals surface area contributed by atoms with Gasteiger partial charge in [-0.05, 0) is 68.3 Å². The Labute approximate surface area is 190 Å². The quantitative estimate of drug-likeness (QED) is 0.190.